The molecule has 6 N–H and O–H groups in total. The number of aliphatic carboxylic acids is 2. The fraction of sp³-hybridized carbons (Fsp3) is 0.459. The molecular weight excluding hydrogens is 628 g/mol. The van der Waals surface area contributed by atoms with Crippen LogP contribution in [0.1, 0.15) is 45.9 Å². The Kier molecular flexibility index (Phi) is 20.1. The number of nitrogens with two attached hydrogens (primary N) is 1. The Morgan fingerprint density at radius 1 is 0.776 bits per heavy atom. The molecule has 0 bridgehead atoms. The normalized spacial score (nSPS) is 10.4. The molecular formula is C37H56N4O8. The molecule has 0 saturated heterocycles. The summed E-state index contributed by atoms with van der Waals surface area (Å²) in [4.78, 5) is 20.5. The highest BCUT2D eigenvalue weighted by Crippen LogP contribution is 2.32. The lowest BCUT2D eigenvalue weighted by atomic mass is 10.0. The molecule has 0 aliphatic carbocycles. The molecule has 12 nitrogen and oxygen atoms in total. The minimum atomic E-state index is -0.963. The summed E-state index contributed by atoms with van der Waals surface area (Å²) in [6, 6.07) is 14.1. The van der Waals surface area contributed by atoms with Crippen molar-refractivity contribution in [3.05, 3.63) is 81.4 Å². The Balaban J connectivity index is 0.000000448. The summed E-state index contributed by atoms with van der Waals surface area (Å²) < 4.78 is 20.6. The Labute approximate surface area is 291 Å². The maximum Gasteiger partial charge on any atom is 0.329 e. The molecule has 0 saturated carbocycles. The zero-order chi connectivity index (χ0) is 36.9. The lowest BCUT2D eigenvalue weighted by Gasteiger charge is -2.27. The van der Waals surface area contributed by atoms with Crippen molar-refractivity contribution in [2.45, 2.75) is 55.0 Å². The van der Waals surface area contributed by atoms with E-state index < -0.39 is 11.9 Å². The van der Waals surface area contributed by atoms with Crippen LogP contribution in [0.2, 0.25) is 0 Å². The molecule has 0 atom stereocenters. The van der Waals surface area contributed by atoms with Gasteiger partial charge in [0, 0.05) is 25.3 Å². The van der Waals surface area contributed by atoms with Gasteiger partial charge in [0.2, 0.25) is 0 Å². The van der Waals surface area contributed by atoms with Crippen molar-refractivity contribution in [2.75, 3.05) is 71.4 Å². The molecule has 3 aromatic rings. The average Bonchev–Trinajstić information content (AvgIpc) is 3.07. The van der Waals surface area contributed by atoms with Gasteiger partial charge in [0.05, 0.1) is 33.1 Å². The van der Waals surface area contributed by atoms with Crippen molar-refractivity contribution in [3.63, 3.8) is 0 Å². The third-order valence-electron chi connectivity index (χ3n) is 7.71. The van der Waals surface area contributed by atoms with Crippen molar-refractivity contribution in [2.24, 2.45) is 0 Å². The molecule has 0 radical (unpaired) electrons. The smallest absolute Gasteiger partial charge is 0.329 e. The summed E-state index contributed by atoms with van der Waals surface area (Å²) in [5, 5.41) is 21.9. The number of nitrogens with zero attached hydrogens (tertiary/aromatic N) is 1. The monoisotopic (exact) mass is 684 g/mol. The van der Waals surface area contributed by atoms with Gasteiger partial charge in [-0.25, -0.2) is 14.6 Å². The number of hydrogen-bond donors (Lipinski definition) is 5. The van der Waals surface area contributed by atoms with Crippen molar-refractivity contribution >= 4 is 23.3 Å². The van der Waals surface area contributed by atoms with Crippen LogP contribution in [-0.2, 0) is 25.6 Å². The number of nitrogen functional groups attached to an aromatic ring is 1. The number of anilines is 2. The molecule has 0 amide bonds. The Bertz CT molecular complexity index is 1450. The van der Waals surface area contributed by atoms with Crippen LogP contribution in [-0.4, -0.2) is 87.4 Å². The predicted octanol–water partition coefficient (Wildman–Crippen LogP) is 5.45. The number of aryl methyl sites for hydroxylation is 2. The van der Waals surface area contributed by atoms with Crippen LogP contribution in [0.15, 0.2) is 42.5 Å². The first-order valence-electron chi connectivity index (χ1n) is 16.2. The van der Waals surface area contributed by atoms with Gasteiger partial charge in [-0.05, 0) is 99.2 Å². The van der Waals surface area contributed by atoms with E-state index in [4.69, 9.17) is 34.9 Å². The van der Waals surface area contributed by atoms with Crippen LogP contribution in [0.3, 0.4) is 0 Å². The number of ether oxygens (including phenoxy) is 4. The van der Waals surface area contributed by atoms with Crippen LogP contribution in [0.5, 0.6) is 11.5 Å². The molecule has 3 rings (SSSR count). The largest absolute Gasteiger partial charge is 0.496 e. The van der Waals surface area contributed by atoms with E-state index in [1.807, 2.05) is 76.9 Å². The summed E-state index contributed by atoms with van der Waals surface area (Å²) in [6.45, 7) is 17.2. The third kappa shape index (κ3) is 15.6. The van der Waals surface area contributed by atoms with Crippen LogP contribution >= 0.6 is 0 Å². The highest BCUT2D eigenvalue weighted by Gasteiger charge is 2.14. The number of nitrogens with one attached hydrogen (secondary N) is 2. The highest BCUT2D eigenvalue weighted by molar-refractivity contribution is 5.68. The molecule has 0 unspecified atom stereocenters. The van der Waals surface area contributed by atoms with E-state index >= 15 is 0 Å². The maximum atomic E-state index is 10.6. The first kappa shape index (κ1) is 42.7. The van der Waals surface area contributed by atoms with Gasteiger partial charge in [-0.2, -0.15) is 0 Å². The number of methoxy groups -OCH3 is 2. The van der Waals surface area contributed by atoms with Gasteiger partial charge < -0.3 is 45.6 Å². The van der Waals surface area contributed by atoms with E-state index in [2.05, 4.69) is 29.8 Å². The van der Waals surface area contributed by atoms with E-state index in [1.54, 1.807) is 14.2 Å². The van der Waals surface area contributed by atoms with Crippen molar-refractivity contribution < 1.29 is 38.7 Å². The molecule has 49 heavy (non-hydrogen) atoms. The number of likely N-dealkylation sites (N-methyl/N-ethyl adjacent to an activating group) is 1. The first-order chi connectivity index (χ1) is 23.3. The standard InChI is InChI=1S/C21H28N2O4.C10H15NO.C6H13NO3/c1-15-12-19(26-4)16(2)17(3)21(15)22-23(10-11-27-14-20(24)25)13-18-8-6-5-7-9-18;1-6-5-9(12-4)7(2)8(3)10(6)11;1-2-7-3-4-10-5-6(8)9/h5-9,12,22H,10-11,13-14H2,1-4H3,(H,24,25);5H,11H2,1-4H3;7H,2-5H2,1H3,(H,8,9). The average molecular weight is 685 g/mol. The predicted molar refractivity (Wildman–Crippen MR) is 195 cm³/mol. The van der Waals surface area contributed by atoms with Gasteiger partial charge in [-0.15, -0.1) is 0 Å². The number of carboxylic acid groups (broad SMARTS) is 2. The second-order valence-electron chi connectivity index (χ2n) is 11.3. The van der Waals surface area contributed by atoms with Gasteiger partial charge in [0.1, 0.15) is 24.7 Å². The molecule has 0 aliphatic heterocycles. The van der Waals surface area contributed by atoms with Gasteiger partial charge >= 0.3 is 11.9 Å². The zero-order valence-corrected chi connectivity index (χ0v) is 30.6. The third-order valence-corrected chi connectivity index (χ3v) is 7.71. The van der Waals surface area contributed by atoms with Crippen LogP contribution in [0, 0.1) is 41.5 Å². The zero-order valence-electron chi connectivity index (χ0n) is 30.6. The van der Waals surface area contributed by atoms with E-state index in [1.165, 1.54) is 0 Å². The number of rotatable bonds is 17. The number of benzene rings is 3. The Morgan fingerprint density at radius 3 is 1.84 bits per heavy atom. The van der Waals surface area contributed by atoms with Crippen LogP contribution < -0.4 is 25.9 Å². The van der Waals surface area contributed by atoms with Gasteiger partial charge in [0.15, 0.2) is 0 Å². The molecule has 272 valence electrons. The van der Waals surface area contributed by atoms with Gasteiger partial charge in [-0.3, -0.25) is 0 Å². The second-order valence-corrected chi connectivity index (χ2v) is 11.3. The van der Waals surface area contributed by atoms with E-state index in [0.717, 1.165) is 68.4 Å². The molecule has 0 spiro atoms. The lowest BCUT2D eigenvalue weighted by molar-refractivity contribution is -0.143. The highest BCUT2D eigenvalue weighted by atomic mass is 16.5. The van der Waals surface area contributed by atoms with E-state index in [0.29, 0.717) is 32.8 Å². The van der Waals surface area contributed by atoms with Crippen molar-refractivity contribution in [3.8, 4) is 11.5 Å². The minimum Gasteiger partial charge on any atom is -0.496 e. The molecule has 0 fully saturated rings. The quantitative estimate of drug-likeness (QED) is 0.0695. The molecule has 3 aromatic carbocycles. The number of hydrazine groups is 1. The summed E-state index contributed by atoms with van der Waals surface area (Å²) in [5.74, 6) is -0.0966. The Morgan fingerprint density at radius 2 is 1.31 bits per heavy atom. The van der Waals surface area contributed by atoms with Crippen molar-refractivity contribution in [1.29, 1.82) is 0 Å². The SMILES string of the molecule is CCNCCOCC(=O)O.COc1cc(C)c(N)c(C)c1C.COc1cc(C)c(NN(CCOCC(=O)O)Cc2ccccc2)c(C)c1C. The maximum absolute atomic E-state index is 10.6. The number of hydrogen-bond acceptors (Lipinski definition) is 10. The first-order valence-corrected chi connectivity index (χ1v) is 16.2. The van der Waals surface area contributed by atoms with Crippen LogP contribution in [0.4, 0.5) is 11.4 Å². The minimum absolute atomic E-state index is 0.203. The fourth-order valence-corrected chi connectivity index (χ4v) is 4.66. The molecule has 12 heteroatoms. The second kappa shape index (κ2) is 23.1. The summed E-state index contributed by atoms with van der Waals surface area (Å²) in [6.07, 6.45) is 0. The van der Waals surface area contributed by atoms with Gasteiger partial charge in [0.25, 0.3) is 0 Å². The fourth-order valence-electron chi connectivity index (χ4n) is 4.66. The topological polar surface area (TPSA) is 165 Å². The number of carboxylic acids is 2. The van der Waals surface area contributed by atoms with Crippen molar-refractivity contribution in [1.82, 2.24) is 10.3 Å². The van der Waals surface area contributed by atoms with Gasteiger partial charge in [-0.1, -0.05) is 37.3 Å². The summed E-state index contributed by atoms with van der Waals surface area (Å²) in [7, 11) is 3.35. The lowest BCUT2D eigenvalue weighted by Crippen LogP contribution is -2.34. The van der Waals surface area contributed by atoms with E-state index in [9.17, 15) is 9.59 Å². The summed E-state index contributed by atoms with van der Waals surface area (Å²) >= 11 is 0. The van der Waals surface area contributed by atoms with E-state index in [-0.39, 0.29) is 13.2 Å². The Hall–Kier alpha value is -4.36. The number of carbonyl (C=O) groups is 2. The van der Waals surface area contributed by atoms with Crippen LogP contribution in [0.25, 0.3) is 0 Å². The molecule has 0 aromatic heterocycles. The molecule has 0 aliphatic rings. The summed E-state index contributed by atoms with van der Waals surface area (Å²) in [5.41, 5.74) is 19.0. The molecule has 0 heterocycles.